The molecule has 3 aromatic carbocycles. The topological polar surface area (TPSA) is 59.0 Å². The SMILES string of the molecule is COc1ccc(Cl)cc1C1(c2ccc(N(C)C)cc2O)OC(=O)c2c(Cl)c(Cl)c(Cl)c(Cl)c21. The molecule has 4 rings (SSSR count). The number of hydrogen-bond acceptors (Lipinski definition) is 5. The molecule has 0 bridgehead atoms. The highest BCUT2D eigenvalue weighted by Gasteiger charge is 2.55. The molecule has 0 saturated heterocycles. The average Bonchev–Trinajstić information content (AvgIpc) is 3.09. The molecule has 0 saturated carbocycles. The Morgan fingerprint density at radius 1 is 0.909 bits per heavy atom. The zero-order valence-corrected chi connectivity index (χ0v) is 21.3. The number of halogens is 5. The van der Waals surface area contributed by atoms with Gasteiger partial charge in [-0.05, 0) is 30.3 Å². The predicted octanol–water partition coefficient (Wildman–Crippen LogP) is 7.20. The van der Waals surface area contributed by atoms with Crippen LogP contribution in [-0.4, -0.2) is 32.3 Å². The summed E-state index contributed by atoms with van der Waals surface area (Å²) in [5, 5.41) is 11.2. The van der Waals surface area contributed by atoms with E-state index in [1.165, 1.54) is 13.2 Å². The highest BCUT2D eigenvalue weighted by molar-refractivity contribution is 6.53. The Morgan fingerprint density at radius 3 is 2.18 bits per heavy atom. The van der Waals surface area contributed by atoms with E-state index in [1.807, 2.05) is 19.0 Å². The first-order valence-electron chi connectivity index (χ1n) is 9.49. The van der Waals surface area contributed by atoms with Gasteiger partial charge in [-0.2, -0.15) is 0 Å². The third-order valence-corrected chi connectivity index (χ3v) is 7.52. The minimum Gasteiger partial charge on any atom is -0.507 e. The second-order valence-corrected chi connectivity index (χ2v) is 9.47. The summed E-state index contributed by atoms with van der Waals surface area (Å²) in [7, 11) is 5.11. The number of anilines is 1. The van der Waals surface area contributed by atoms with Gasteiger partial charge in [0, 0.05) is 47.6 Å². The van der Waals surface area contributed by atoms with Gasteiger partial charge in [0.05, 0.1) is 32.8 Å². The monoisotopic (exact) mass is 545 g/mol. The molecule has 1 atom stereocenters. The zero-order valence-electron chi connectivity index (χ0n) is 17.5. The van der Waals surface area contributed by atoms with Crippen LogP contribution in [0.15, 0.2) is 36.4 Å². The molecule has 3 aromatic rings. The van der Waals surface area contributed by atoms with E-state index in [9.17, 15) is 9.90 Å². The van der Waals surface area contributed by atoms with Gasteiger partial charge < -0.3 is 19.5 Å². The molecule has 0 fully saturated rings. The number of aromatic hydroxyl groups is 1. The molecule has 1 heterocycles. The number of cyclic esters (lactones) is 1. The first kappa shape index (κ1) is 24.1. The van der Waals surface area contributed by atoms with Crippen molar-refractivity contribution in [1.82, 2.24) is 0 Å². The summed E-state index contributed by atoms with van der Waals surface area (Å²) < 4.78 is 11.6. The molecular weight excluding hydrogens is 532 g/mol. The standard InChI is InChI=1S/C23H16Cl5NO4/c1-29(2)11-5-6-12(14(30)9-11)23(13-8-10(24)4-7-15(13)32-3)17-16(22(31)33-23)18(25)20(27)21(28)19(17)26/h4-9,30H,1-3H3. The van der Waals surface area contributed by atoms with Gasteiger partial charge in [-0.3, -0.25) is 0 Å². The van der Waals surface area contributed by atoms with Crippen molar-refractivity contribution in [3.05, 3.63) is 83.8 Å². The number of phenols is 1. The van der Waals surface area contributed by atoms with Gasteiger partial charge in [0.25, 0.3) is 0 Å². The summed E-state index contributed by atoms with van der Waals surface area (Å²) in [6.45, 7) is 0. The molecule has 172 valence electrons. The fourth-order valence-corrected chi connectivity index (χ4v) is 5.21. The van der Waals surface area contributed by atoms with E-state index in [1.54, 1.807) is 30.3 Å². The van der Waals surface area contributed by atoms with Crippen molar-refractivity contribution in [2.75, 3.05) is 26.1 Å². The first-order chi connectivity index (χ1) is 15.5. The van der Waals surface area contributed by atoms with Crippen LogP contribution in [0.5, 0.6) is 11.5 Å². The van der Waals surface area contributed by atoms with Gasteiger partial charge >= 0.3 is 5.97 Å². The number of esters is 1. The highest BCUT2D eigenvalue weighted by atomic mass is 35.5. The van der Waals surface area contributed by atoms with Gasteiger partial charge in [-0.25, -0.2) is 4.79 Å². The normalized spacial score (nSPS) is 17.0. The highest BCUT2D eigenvalue weighted by Crippen LogP contribution is 2.58. The summed E-state index contributed by atoms with van der Waals surface area (Å²) in [6, 6.07) is 9.71. The second-order valence-electron chi connectivity index (χ2n) is 7.52. The van der Waals surface area contributed by atoms with E-state index in [-0.39, 0.29) is 42.5 Å². The molecule has 0 aromatic heterocycles. The van der Waals surface area contributed by atoms with Gasteiger partial charge in [-0.1, -0.05) is 58.0 Å². The number of rotatable bonds is 4. The minimum atomic E-state index is -1.79. The lowest BCUT2D eigenvalue weighted by Crippen LogP contribution is -2.31. The maximum Gasteiger partial charge on any atom is 0.341 e. The van der Waals surface area contributed by atoms with Crippen molar-refractivity contribution in [2.24, 2.45) is 0 Å². The fraction of sp³-hybridized carbons (Fsp3) is 0.174. The van der Waals surface area contributed by atoms with Crippen molar-refractivity contribution < 1.29 is 19.4 Å². The summed E-state index contributed by atoms with van der Waals surface area (Å²) in [5.74, 6) is -0.634. The zero-order chi connectivity index (χ0) is 24.2. The van der Waals surface area contributed by atoms with E-state index >= 15 is 0 Å². The lowest BCUT2D eigenvalue weighted by atomic mass is 9.78. The van der Waals surface area contributed by atoms with Crippen LogP contribution in [-0.2, 0) is 10.3 Å². The van der Waals surface area contributed by atoms with Crippen LogP contribution in [0.3, 0.4) is 0 Å². The molecule has 1 aliphatic rings. The second kappa shape index (κ2) is 8.64. The summed E-state index contributed by atoms with van der Waals surface area (Å²) in [4.78, 5) is 15.0. The van der Waals surface area contributed by atoms with Crippen molar-refractivity contribution in [3.8, 4) is 11.5 Å². The van der Waals surface area contributed by atoms with Crippen molar-refractivity contribution in [3.63, 3.8) is 0 Å². The van der Waals surface area contributed by atoms with Gasteiger partial charge in [0.15, 0.2) is 5.60 Å². The van der Waals surface area contributed by atoms with Gasteiger partial charge in [-0.15, -0.1) is 0 Å². The van der Waals surface area contributed by atoms with Crippen LogP contribution < -0.4 is 9.64 Å². The molecule has 0 spiro atoms. The number of methoxy groups -OCH3 is 1. The fourth-order valence-electron chi connectivity index (χ4n) is 3.97. The maximum absolute atomic E-state index is 13.2. The van der Waals surface area contributed by atoms with Gasteiger partial charge in [0.2, 0.25) is 0 Å². The van der Waals surface area contributed by atoms with E-state index in [0.29, 0.717) is 22.0 Å². The van der Waals surface area contributed by atoms with Crippen LogP contribution in [0.25, 0.3) is 0 Å². The molecule has 33 heavy (non-hydrogen) atoms. The summed E-state index contributed by atoms with van der Waals surface area (Å²) in [6.07, 6.45) is 0. The summed E-state index contributed by atoms with van der Waals surface area (Å²) >= 11 is 32.0. The lowest BCUT2D eigenvalue weighted by molar-refractivity contribution is 0.0239. The van der Waals surface area contributed by atoms with Crippen molar-refractivity contribution in [1.29, 1.82) is 0 Å². The maximum atomic E-state index is 13.2. The molecule has 10 heteroatoms. The van der Waals surface area contributed by atoms with Crippen LogP contribution in [0, 0.1) is 0 Å². The van der Waals surface area contributed by atoms with Crippen LogP contribution >= 0.6 is 58.0 Å². The molecular formula is C23H16Cl5NO4. The molecule has 1 unspecified atom stereocenters. The quantitative estimate of drug-likeness (QED) is 0.213. The largest absolute Gasteiger partial charge is 0.507 e. The van der Waals surface area contributed by atoms with E-state index < -0.39 is 11.6 Å². The number of hydrogen-bond donors (Lipinski definition) is 1. The molecule has 0 radical (unpaired) electrons. The third-order valence-electron chi connectivity index (χ3n) is 5.49. The minimum absolute atomic E-state index is 0.0509. The molecule has 0 amide bonds. The molecule has 0 aliphatic carbocycles. The smallest absolute Gasteiger partial charge is 0.341 e. The van der Waals surface area contributed by atoms with Crippen LogP contribution in [0.4, 0.5) is 5.69 Å². The number of carbonyl (C=O) groups excluding carboxylic acids is 1. The number of fused-ring (bicyclic) bond motifs is 1. The van der Waals surface area contributed by atoms with Crippen LogP contribution in [0.1, 0.15) is 27.0 Å². The molecule has 1 N–H and O–H groups in total. The van der Waals surface area contributed by atoms with E-state index in [2.05, 4.69) is 0 Å². The molecule has 1 aliphatic heterocycles. The van der Waals surface area contributed by atoms with Crippen molar-refractivity contribution in [2.45, 2.75) is 5.60 Å². The average molecular weight is 548 g/mol. The molecule has 5 nitrogen and oxygen atoms in total. The van der Waals surface area contributed by atoms with Gasteiger partial charge in [0.1, 0.15) is 11.5 Å². The lowest BCUT2D eigenvalue weighted by Gasteiger charge is -2.33. The Bertz CT molecular complexity index is 1310. The number of ether oxygens (including phenoxy) is 2. The van der Waals surface area contributed by atoms with Crippen molar-refractivity contribution >= 4 is 69.7 Å². The van der Waals surface area contributed by atoms with E-state index in [4.69, 9.17) is 67.5 Å². The van der Waals surface area contributed by atoms with E-state index in [0.717, 1.165) is 0 Å². The predicted molar refractivity (Wildman–Crippen MR) is 132 cm³/mol. The Labute approximate surface area is 215 Å². The number of nitrogens with zero attached hydrogens (tertiary/aromatic N) is 1. The number of benzene rings is 3. The summed E-state index contributed by atoms with van der Waals surface area (Å²) in [5.41, 5.74) is -0.485. The first-order valence-corrected chi connectivity index (χ1v) is 11.4. The van der Waals surface area contributed by atoms with Crippen LogP contribution in [0.2, 0.25) is 25.1 Å². The Hall–Kier alpha value is -2.02. The third kappa shape index (κ3) is 3.58. The number of carbonyl (C=O) groups is 1. The Balaban J connectivity index is 2.21. The Kier molecular flexibility index (Phi) is 6.31. The Morgan fingerprint density at radius 2 is 1.58 bits per heavy atom. The number of phenolic OH excluding ortho intramolecular Hbond substituents is 1.